The summed E-state index contributed by atoms with van der Waals surface area (Å²) in [6, 6.07) is 0. The molecule has 0 spiro atoms. The van der Waals surface area contributed by atoms with Crippen LogP contribution in [0.4, 0.5) is 0 Å². The molecule has 0 aliphatic heterocycles. The average molecular weight is 337 g/mol. The Morgan fingerprint density at radius 3 is 2.60 bits per heavy atom. The summed E-state index contributed by atoms with van der Waals surface area (Å²) >= 11 is 8.28. The van der Waals surface area contributed by atoms with Crippen molar-refractivity contribution in [1.29, 1.82) is 0 Å². The van der Waals surface area contributed by atoms with Gasteiger partial charge in [-0.25, -0.2) is 9.97 Å². The number of halogens is 2. The molecule has 1 fully saturated rings. The molecule has 0 amide bonds. The van der Waals surface area contributed by atoms with Crippen molar-refractivity contribution >= 4 is 34.2 Å². The van der Waals surface area contributed by atoms with E-state index in [0.717, 1.165) is 15.1 Å². The summed E-state index contributed by atoms with van der Waals surface area (Å²) in [4.78, 5) is 8.98. The standard InChI is InChI=1S/C11H14ClIN2/c1-6-4-3-5-8(6)11-14-7(2)9(13)10(12)15-11/h6,8H,3-5H2,1-2H3. The first-order valence-electron chi connectivity index (χ1n) is 5.29. The molecular formula is C11H14ClIN2. The summed E-state index contributed by atoms with van der Waals surface area (Å²) < 4.78 is 0.976. The zero-order valence-corrected chi connectivity index (χ0v) is 11.8. The van der Waals surface area contributed by atoms with Gasteiger partial charge in [0.15, 0.2) is 0 Å². The Labute approximate surface area is 109 Å². The maximum atomic E-state index is 6.09. The Morgan fingerprint density at radius 2 is 2.07 bits per heavy atom. The van der Waals surface area contributed by atoms with Crippen LogP contribution in [-0.2, 0) is 0 Å². The topological polar surface area (TPSA) is 25.8 Å². The van der Waals surface area contributed by atoms with Crippen molar-refractivity contribution in [2.75, 3.05) is 0 Å². The van der Waals surface area contributed by atoms with Gasteiger partial charge in [0, 0.05) is 5.92 Å². The average Bonchev–Trinajstić information content (AvgIpc) is 2.60. The molecule has 1 heterocycles. The zero-order valence-electron chi connectivity index (χ0n) is 8.93. The van der Waals surface area contributed by atoms with Gasteiger partial charge in [-0.15, -0.1) is 0 Å². The van der Waals surface area contributed by atoms with Crippen LogP contribution < -0.4 is 0 Å². The molecular weight excluding hydrogens is 322 g/mol. The zero-order chi connectivity index (χ0) is 11.0. The third-order valence-corrected chi connectivity index (χ3v) is 5.07. The number of nitrogens with zero attached hydrogens (tertiary/aromatic N) is 2. The maximum absolute atomic E-state index is 6.09. The van der Waals surface area contributed by atoms with Gasteiger partial charge in [0.05, 0.1) is 9.26 Å². The highest BCUT2D eigenvalue weighted by Gasteiger charge is 2.28. The highest BCUT2D eigenvalue weighted by molar-refractivity contribution is 14.1. The van der Waals surface area contributed by atoms with Gasteiger partial charge in [-0.2, -0.15) is 0 Å². The Kier molecular flexibility index (Phi) is 3.50. The molecule has 1 saturated carbocycles. The van der Waals surface area contributed by atoms with E-state index in [1.165, 1.54) is 19.3 Å². The molecule has 2 rings (SSSR count). The van der Waals surface area contributed by atoms with Crippen LogP contribution in [0, 0.1) is 16.4 Å². The van der Waals surface area contributed by atoms with Crippen LogP contribution in [0.25, 0.3) is 0 Å². The first kappa shape index (κ1) is 11.6. The molecule has 2 atom stereocenters. The molecule has 82 valence electrons. The van der Waals surface area contributed by atoms with Crippen LogP contribution in [0.15, 0.2) is 0 Å². The summed E-state index contributed by atoms with van der Waals surface area (Å²) in [7, 11) is 0. The molecule has 0 bridgehead atoms. The summed E-state index contributed by atoms with van der Waals surface area (Å²) in [6.45, 7) is 4.28. The summed E-state index contributed by atoms with van der Waals surface area (Å²) in [5.74, 6) is 2.15. The molecule has 0 aromatic carbocycles. The van der Waals surface area contributed by atoms with Crippen LogP contribution in [0.1, 0.15) is 43.6 Å². The van der Waals surface area contributed by atoms with Crippen molar-refractivity contribution < 1.29 is 0 Å². The molecule has 4 heteroatoms. The fourth-order valence-corrected chi connectivity index (χ4v) is 2.70. The Morgan fingerprint density at radius 1 is 1.33 bits per heavy atom. The van der Waals surface area contributed by atoms with E-state index in [2.05, 4.69) is 39.5 Å². The highest BCUT2D eigenvalue weighted by atomic mass is 127. The lowest BCUT2D eigenvalue weighted by Crippen LogP contribution is -2.09. The Hall–Kier alpha value is 0.100. The van der Waals surface area contributed by atoms with Crippen LogP contribution in [0.2, 0.25) is 5.15 Å². The number of aromatic nitrogens is 2. The van der Waals surface area contributed by atoms with Gasteiger partial charge < -0.3 is 0 Å². The van der Waals surface area contributed by atoms with Gasteiger partial charge >= 0.3 is 0 Å². The molecule has 1 aromatic heterocycles. The quantitative estimate of drug-likeness (QED) is 0.573. The third kappa shape index (κ3) is 2.28. The van der Waals surface area contributed by atoms with Crippen molar-refractivity contribution in [3.8, 4) is 0 Å². The number of hydrogen-bond donors (Lipinski definition) is 0. The lowest BCUT2D eigenvalue weighted by Gasteiger charge is -2.14. The second kappa shape index (κ2) is 4.53. The monoisotopic (exact) mass is 336 g/mol. The predicted octanol–water partition coefficient (Wildman–Crippen LogP) is 3.95. The van der Waals surface area contributed by atoms with E-state index in [1.54, 1.807) is 0 Å². The van der Waals surface area contributed by atoms with Crippen molar-refractivity contribution in [3.63, 3.8) is 0 Å². The molecule has 0 N–H and O–H groups in total. The third-order valence-electron chi connectivity index (χ3n) is 3.19. The minimum Gasteiger partial charge on any atom is -0.237 e. The Balaban J connectivity index is 2.36. The summed E-state index contributed by atoms with van der Waals surface area (Å²) in [5.41, 5.74) is 1.00. The van der Waals surface area contributed by atoms with Gasteiger partial charge in [0.2, 0.25) is 0 Å². The van der Waals surface area contributed by atoms with E-state index in [0.29, 0.717) is 17.0 Å². The first-order valence-corrected chi connectivity index (χ1v) is 6.74. The summed E-state index contributed by atoms with van der Waals surface area (Å²) in [5, 5.41) is 0.609. The van der Waals surface area contributed by atoms with Gasteiger partial charge in [0.1, 0.15) is 11.0 Å². The predicted molar refractivity (Wildman–Crippen MR) is 70.3 cm³/mol. The van der Waals surface area contributed by atoms with Gasteiger partial charge in [-0.05, 0) is 48.3 Å². The second-order valence-electron chi connectivity index (χ2n) is 4.29. The molecule has 0 saturated heterocycles. The molecule has 2 unspecified atom stereocenters. The molecule has 1 aliphatic rings. The molecule has 0 radical (unpaired) electrons. The smallest absolute Gasteiger partial charge is 0.146 e. The lowest BCUT2D eigenvalue weighted by atomic mass is 9.97. The van der Waals surface area contributed by atoms with Crippen LogP contribution in [0.3, 0.4) is 0 Å². The summed E-state index contributed by atoms with van der Waals surface area (Å²) in [6.07, 6.45) is 3.78. The van der Waals surface area contributed by atoms with Crippen LogP contribution >= 0.6 is 34.2 Å². The van der Waals surface area contributed by atoms with E-state index in [9.17, 15) is 0 Å². The van der Waals surface area contributed by atoms with Gasteiger partial charge in [-0.3, -0.25) is 0 Å². The fourth-order valence-electron chi connectivity index (χ4n) is 2.24. The van der Waals surface area contributed by atoms with E-state index in [-0.39, 0.29) is 0 Å². The van der Waals surface area contributed by atoms with Crippen molar-refractivity contribution in [1.82, 2.24) is 9.97 Å². The maximum Gasteiger partial charge on any atom is 0.146 e. The molecule has 2 nitrogen and oxygen atoms in total. The SMILES string of the molecule is Cc1nc(C2CCCC2C)nc(Cl)c1I. The lowest BCUT2D eigenvalue weighted by molar-refractivity contribution is 0.508. The Bertz CT molecular complexity index is 358. The van der Waals surface area contributed by atoms with E-state index in [1.807, 2.05) is 6.92 Å². The normalized spacial score (nSPS) is 25.9. The minimum atomic E-state index is 0.512. The van der Waals surface area contributed by atoms with Crippen molar-refractivity contribution in [3.05, 3.63) is 20.2 Å². The molecule has 15 heavy (non-hydrogen) atoms. The van der Waals surface area contributed by atoms with Crippen LogP contribution in [0.5, 0.6) is 0 Å². The van der Waals surface area contributed by atoms with E-state index in [4.69, 9.17) is 11.6 Å². The van der Waals surface area contributed by atoms with E-state index < -0.39 is 0 Å². The largest absolute Gasteiger partial charge is 0.237 e. The number of rotatable bonds is 1. The number of hydrogen-bond acceptors (Lipinski definition) is 2. The highest BCUT2D eigenvalue weighted by Crippen LogP contribution is 2.38. The van der Waals surface area contributed by atoms with Crippen LogP contribution in [-0.4, -0.2) is 9.97 Å². The van der Waals surface area contributed by atoms with Gasteiger partial charge in [0.25, 0.3) is 0 Å². The fraction of sp³-hybridized carbons (Fsp3) is 0.636. The second-order valence-corrected chi connectivity index (χ2v) is 5.72. The van der Waals surface area contributed by atoms with Crippen molar-refractivity contribution in [2.24, 2.45) is 5.92 Å². The van der Waals surface area contributed by atoms with Crippen molar-refractivity contribution in [2.45, 2.75) is 39.0 Å². The van der Waals surface area contributed by atoms with E-state index >= 15 is 0 Å². The molecule has 1 aromatic rings. The first-order chi connectivity index (χ1) is 7.09. The number of aryl methyl sites for hydroxylation is 1. The molecule has 1 aliphatic carbocycles. The minimum absolute atomic E-state index is 0.512. The van der Waals surface area contributed by atoms with Gasteiger partial charge in [-0.1, -0.05) is 24.9 Å².